The monoisotopic (exact) mass is 333 g/mol. The van der Waals surface area contributed by atoms with Crippen LogP contribution in [0.15, 0.2) is 24.3 Å². The molecule has 0 bridgehead atoms. The number of hydrogen-bond acceptors (Lipinski definition) is 2. The van der Waals surface area contributed by atoms with Gasteiger partial charge in [0.15, 0.2) is 0 Å². The van der Waals surface area contributed by atoms with Crippen LogP contribution >= 0.6 is 0 Å². The van der Waals surface area contributed by atoms with Crippen LogP contribution in [0.1, 0.15) is 31.7 Å². The molecule has 3 atom stereocenters. The summed E-state index contributed by atoms with van der Waals surface area (Å²) < 4.78 is 13.8. The molecule has 132 valence electrons. The molecule has 1 N–H and O–H groups in total. The van der Waals surface area contributed by atoms with Crippen LogP contribution < -0.4 is 5.32 Å². The van der Waals surface area contributed by atoms with E-state index in [1.54, 1.807) is 12.1 Å². The maximum atomic E-state index is 13.8. The van der Waals surface area contributed by atoms with Crippen molar-refractivity contribution in [2.24, 2.45) is 5.92 Å². The molecule has 0 radical (unpaired) electrons. The Balaban J connectivity index is 1.58. The third kappa shape index (κ3) is 3.89. The van der Waals surface area contributed by atoms with Gasteiger partial charge in [-0.2, -0.15) is 0 Å². The lowest BCUT2D eigenvalue weighted by Crippen LogP contribution is -2.58. The predicted molar refractivity (Wildman–Crippen MR) is 93.4 cm³/mol. The Morgan fingerprint density at radius 2 is 2.12 bits per heavy atom. The summed E-state index contributed by atoms with van der Waals surface area (Å²) in [4.78, 5) is 17.1. The first-order chi connectivity index (χ1) is 11.5. The molecule has 3 rings (SSSR count). The van der Waals surface area contributed by atoms with E-state index in [0.717, 1.165) is 32.5 Å². The van der Waals surface area contributed by atoms with Crippen LogP contribution in [0.25, 0.3) is 0 Å². The van der Waals surface area contributed by atoms with Crippen molar-refractivity contribution in [1.82, 2.24) is 15.1 Å². The first kappa shape index (κ1) is 17.2. The number of carbonyl (C=O) groups is 1. The van der Waals surface area contributed by atoms with Gasteiger partial charge in [0.2, 0.25) is 0 Å². The van der Waals surface area contributed by atoms with E-state index in [1.165, 1.54) is 12.5 Å². The number of halogens is 1. The number of urea groups is 1. The highest BCUT2D eigenvalue weighted by Gasteiger charge is 2.37. The maximum Gasteiger partial charge on any atom is 0.317 e. The number of amides is 2. The van der Waals surface area contributed by atoms with Gasteiger partial charge >= 0.3 is 6.03 Å². The molecule has 5 heteroatoms. The van der Waals surface area contributed by atoms with Crippen LogP contribution in [-0.4, -0.2) is 54.6 Å². The number of rotatable bonds is 3. The SMILES string of the molecule is C[C@H](Cc1ccccc1F)NC(=O)N1CCC[C@@H]2CN(C)CC[C@H]21. The van der Waals surface area contributed by atoms with Crippen molar-refractivity contribution in [1.29, 1.82) is 0 Å². The Morgan fingerprint density at radius 1 is 1.33 bits per heavy atom. The molecule has 1 aromatic carbocycles. The molecule has 2 aliphatic rings. The Hall–Kier alpha value is -1.62. The van der Waals surface area contributed by atoms with Crippen molar-refractivity contribution in [3.05, 3.63) is 35.6 Å². The quantitative estimate of drug-likeness (QED) is 0.923. The highest BCUT2D eigenvalue weighted by atomic mass is 19.1. The van der Waals surface area contributed by atoms with Crippen LogP contribution in [0.4, 0.5) is 9.18 Å². The second-order valence-electron chi connectivity index (χ2n) is 7.36. The Kier molecular flexibility index (Phi) is 5.39. The number of nitrogens with one attached hydrogen (secondary N) is 1. The van der Waals surface area contributed by atoms with Crippen molar-refractivity contribution in [3.8, 4) is 0 Å². The van der Waals surface area contributed by atoms with E-state index in [0.29, 0.717) is 23.9 Å². The zero-order chi connectivity index (χ0) is 17.1. The van der Waals surface area contributed by atoms with Gasteiger partial charge in [0.1, 0.15) is 5.82 Å². The summed E-state index contributed by atoms with van der Waals surface area (Å²) in [5.41, 5.74) is 0.654. The smallest absolute Gasteiger partial charge is 0.317 e. The maximum absolute atomic E-state index is 13.8. The van der Waals surface area contributed by atoms with Gasteiger partial charge in [-0.1, -0.05) is 18.2 Å². The molecule has 1 aromatic rings. The van der Waals surface area contributed by atoms with Crippen LogP contribution in [0.2, 0.25) is 0 Å². The normalized spacial score (nSPS) is 25.9. The number of hydrogen-bond donors (Lipinski definition) is 1. The van der Waals surface area contributed by atoms with Gasteiger partial charge in [-0.15, -0.1) is 0 Å². The van der Waals surface area contributed by atoms with Crippen molar-refractivity contribution < 1.29 is 9.18 Å². The molecule has 2 aliphatic heterocycles. The van der Waals surface area contributed by atoms with Crippen molar-refractivity contribution >= 4 is 6.03 Å². The van der Waals surface area contributed by atoms with Crippen LogP contribution in [-0.2, 0) is 6.42 Å². The molecule has 0 spiro atoms. The highest BCUT2D eigenvalue weighted by molar-refractivity contribution is 5.75. The largest absolute Gasteiger partial charge is 0.335 e. The van der Waals surface area contributed by atoms with E-state index in [9.17, 15) is 9.18 Å². The lowest BCUT2D eigenvalue weighted by atomic mass is 9.84. The van der Waals surface area contributed by atoms with Crippen LogP contribution in [0, 0.1) is 11.7 Å². The summed E-state index contributed by atoms with van der Waals surface area (Å²) in [6.45, 7) is 4.92. The minimum atomic E-state index is -0.202. The van der Waals surface area contributed by atoms with E-state index in [-0.39, 0.29) is 17.9 Å². The van der Waals surface area contributed by atoms with Gasteiger partial charge in [0.25, 0.3) is 0 Å². The molecule has 0 unspecified atom stereocenters. The third-order valence-electron chi connectivity index (χ3n) is 5.39. The fraction of sp³-hybridized carbons (Fsp3) is 0.632. The van der Waals surface area contributed by atoms with Crippen molar-refractivity contribution in [2.75, 3.05) is 26.7 Å². The third-order valence-corrected chi connectivity index (χ3v) is 5.39. The lowest BCUT2D eigenvalue weighted by Gasteiger charge is -2.46. The molecular weight excluding hydrogens is 305 g/mol. The second-order valence-corrected chi connectivity index (χ2v) is 7.36. The van der Waals surface area contributed by atoms with E-state index in [4.69, 9.17) is 0 Å². The number of piperidine rings is 2. The number of likely N-dealkylation sites (tertiary alicyclic amines) is 2. The zero-order valence-electron chi connectivity index (χ0n) is 14.7. The standard InChI is InChI=1S/C19H28FN3O/c1-14(12-15-6-3-4-8-17(15)20)21-19(24)23-10-5-7-16-13-22(2)11-9-18(16)23/h3-4,6,8,14,16,18H,5,7,9-13H2,1-2H3,(H,21,24)/t14-,16-,18-/m1/s1. The molecule has 2 amide bonds. The van der Waals surface area contributed by atoms with Crippen LogP contribution in [0.3, 0.4) is 0 Å². The van der Waals surface area contributed by atoms with Gasteiger partial charge in [-0.3, -0.25) is 0 Å². The summed E-state index contributed by atoms with van der Waals surface area (Å²) >= 11 is 0. The van der Waals surface area contributed by atoms with Gasteiger partial charge in [0, 0.05) is 25.2 Å². The van der Waals surface area contributed by atoms with Crippen molar-refractivity contribution in [3.63, 3.8) is 0 Å². The lowest BCUT2D eigenvalue weighted by molar-refractivity contribution is 0.0526. The van der Waals surface area contributed by atoms with Gasteiger partial charge in [0.05, 0.1) is 0 Å². The molecule has 2 fully saturated rings. The molecular formula is C19H28FN3O. The van der Waals surface area contributed by atoms with E-state index >= 15 is 0 Å². The first-order valence-corrected chi connectivity index (χ1v) is 9.03. The van der Waals surface area contributed by atoms with Crippen molar-refractivity contribution in [2.45, 2.75) is 44.7 Å². The molecule has 0 saturated carbocycles. The predicted octanol–water partition coefficient (Wildman–Crippen LogP) is 2.88. The number of carbonyl (C=O) groups excluding carboxylic acids is 1. The number of fused-ring (bicyclic) bond motifs is 1. The van der Waals surface area contributed by atoms with Crippen LogP contribution in [0.5, 0.6) is 0 Å². The molecule has 4 nitrogen and oxygen atoms in total. The highest BCUT2D eigenvalue weighted by Crippen LogP contribution is 2.30. The fourth-order valence-corrected chi connectivity index (χ4v) is 4.18. The Labute approximate surface area is 144 Å². The molecule has 2 heterocycles. The van der Waals surface area contributed by atoms with Gasteiger partial charge in [-0.25, -0.2) is 9.18 Å². The molecule has 24 heavy (non-hydrogen) atoms. The van der Waals surface area contributed by atoms with E-state index < -0.39 is 0 Å². The summed E-state index contributed by atoms with van der Waals surface area (Å²) in [6, 6.07) is 7.06. The minimum absolute atomic E-state index is 0.0121. The fourth-order valence-electron chi connectivity index (χ4n) is 4.18. The van der Waals surface area contributed by atoms with Gasteiger partial charge < -0.3 is 15.1 Å². The van der Waals surface area contributed by atoms with E-state index in [2.05, 4.69) is 17.3 Å². The Bertz CT molecular complexity index is 579. The number of benzene rings is 1. The van der Waals surface area contributed by atoms with Gasteiger partial charge in [-0.05, 0) is 63.7 Å². The average molecular weight is 333 g/mol. The summed E-state index contributed by atoms with van der Waals surface area (Å²) in [5.74, 6) is 0.386. The summed E-state index contributed by atoms with van der Waals surface area (Å²) in [6.07, 6.45) is 3.85. The summed E-state index contributed by atoms with van der Waals surface area (Å²) in [7, 11) is 2.16. The molecule has 2 saturated heterocycles. The Morgan fingerprint density at radius 3 is 2.92 bits per heavy atom. The average Bonchev–Trinajstić information content (AvgIpc) is 2.56. The first-order valence-electron chi connectivity index (χ1n) is 9.03. The summed E-state index contributed by atoms with van der Waals surface area (Å²) in [5, 5.41) is 3.08. The zero-order valence-corrected chi connectivity index (χ0v) is 14.7. The van der Waals surface area contributed by atoms with E-state index in [1.807, 2.05) is 17.9 Å². The minimum Gasteiger partial charge on any atom is -0.335 e. The molecule has 0 aliphatic carbocycles. The topological polar surface area (TPSA) is 35.6 Å². The second kappa shape index (κ2) is 7.51. The molecule has 0 aromatic heterocycles. The number of nitrogens with zero attached hydrogens (tertiary/aromatic N) is 2.